The molecule has 4 heteroatoms. The Bertz CT molecular complexity index is 211. The molecule has 0 atom stereocenters. The summed E-state index contributed by atoms with van der Waals surface area (Å²) < 4.78 is 0. The van der Waals surface area contributed by atoms with Crippen LogP contribution in [0.1, 0.15) is 26.7 Å². The summed E-state index contributed by atoms with van der Waals surface area (Å²) in [5.74, 6) is 0.817. The van der Waals surface area contributed by atoms with Crippen LogP contribution >= 0.6 is 11.6 Å². The molecule has 3 nitrogen and oxygen atoms in total. The summed E-state index contributed by atoms with van der Waals surface area (Å²) in [7, 11) is 0. The van der Waals surface area contributed by atoms with Crippen LogP contribution in [0.4, 0.5) is 0 Å². The van der Waals surface area contributed by atoms with Crippen LogP contribution in [0.15, 0.2) is 0 Å². The van der Waals surface area contributed by atoms with Crippen LogP contribution in [-0.4, -0.2) is 29.8 Å². The Hall–Kier alpha value is -0.750. The molecule has 0 aliphatic heterocycles. The number of halogens is 1. The molecule has 0 aliphatic rings. The average Bonchev–Trinajstić information content (AvgIpc) is 2.12. The first-order valence-electron chi connectivity index (χ1n) is 4.82. The highest BCUT2D eigenvalue weighted by Gasteiger charge is 2.13. The number of amides is 1. The largest absolute Gasteiger partial charge is 0.341 e. The third kappa shape index (κ3) is 5.82. The lowest BCUT2D eigenvalue weighted by Crippen LogP contribution is -2.35. The number of carbonyl (C=O) groups is 1. The summed E-state index contributed by atoms with van der Waals surface area (Å²) in [4.78, 5) is 13.2. The SMILES string of the molecule is CC(C)CN(CCC#N)C(=O)CCCl. The Morgan fingerprint density at radius 2 is 2.21 bits per heavy atom. The summed E-state index contributed by atoms with van der Waals surface area (Å²) in [5, 5.41) is 8.45. The molecule has 0 aromatic carbocycles. The first-order valence-corrected chi connectivity index (χ1v) is 5.36. The molecule has 14 heavy (non-hydrogen) atoms. The molecule has 0 unspecified atom stereocenters. The lowest BCUT2D eigenvalue weighted by atomic mass is 10.2. The van der Waals surface area contributed by atoms with Gasteiger partial charge in [0.05, 0.1) is 12.5 Å². The van der Waals surface area contributed by atoms with Gasteiger partial charge in [-0.05, 0) is 5.92 Å². The Labute approximate surface area is 90.6 Å². The van der Waals surface area contributed by atoms with Gasteiger partial charge in [0, 0.05) is 25.4 Å². The van der Waals surface area contributed by atoms with Crippen molar-refractivity contribution in [1.29, 1.82) is 5.26 Å². The van der Waals surface area contributed by atoms with E-state index in [9.17, 15) is 4.79 Å². The molecule has 0 radical (unpaired) electrons. The molecule has 80 valence electrons. The van der Waals surface area contributed by atoms with Gasteiger partial charge >= 0.3 is 0 Å². The molecule has 0 saturated heterocycles. The van der Waals surface area contributed by atoms with E-state index in [4.69, 9.17) is 16.9 Å². The normalized spacial score (nSPS) is 9.93. The molecule has 0 heterocycles. The van der Waals surface area contributed by atoms with Crippen molar-refractivity contribution in [3.8, 4) is 6.07 Å². The van der Waals surface area contributed by atoms with Crippen molar-refractivity contribution in [3.05, 3.63) is 0 Å². The van der Waals surface area contributed by atoms with Gasteiger partial charge in [0.15, 0.2) is 0 Å². The number of carbonyl (C=O) groups excluding carboxylic acids is 1. The molecule has 0 saturated carbocycles. The quantitative estimate of drug-likeness (QED) is 0.638. The highest BCUT2D eigenvalue weighted by atomic mass is 35.5. The van der Waals surface area contributed by atoms with Crippen molar-refractivity contribution in [2.75, 3.05) is 19.0 Å². The molecule has 0 fully saturated rings. The minimum absolute atomic E-state index is 0.0453. The lowest BCUT2D eigenvalue weighted by molar-refractivity contribution is -0.131. The van der Waals surface area contributed by atoms with Crippen LogP contribution < -0.4 is 0 Å². The molecule has 0 N–H and O–H groups in total. The van der Waals surface area contributed by atoms with Gasteiger partial charge in [-0.1, -0.05) is 13.8 Å². The van der Waals surface area contributed by atoms with Crippen molar-refractivity contribution in [2.45, 2.75) is 26.7 Å². The molecule has 0 spiro atoms. The summed E-state index contributed by atoms with van der Waals surface area (Å²) >= 11 is 5.50. The fourth-order valence-corrected chi connectivity index (χ4v) is 1.34. The van der Waals surface area contributed by atoms with E-state index in [-0.39, 0.29) is 5.91 Å². The fourth-order valence-electron chi connectivity index (χ4n) is 1.18. The van der Waals surface area contributed by atoms with E-state index in [1.807, 2.05) is 19.9 Å². The molecule has 1 amide bonds. The highest BCUT2D eigenvalue weighted by Crippen LogP contribution is 2.03. The van der Waals surface area contributed by atoms with E-state index < -0.39 is 0 Å². The Kier molecular flexibility index (Phi) is 7.23. The Balaban J connectivity index is 4.09. The maximum Gasteiger partial charge on any atom is 0.223 e. The van der Waals surface area contributed by atoms with E-state index in [2.05, 4.69) is 0 Å². The van der Waals surface area contributed by atoms with Gasteiger partial charge in [-0.15, -0.1) is 11.6 Å². The predicted octanol–water partition coefficient (Wildman–Crippen LogP) is 2.01. The fraction of sp³-hybridized carbons (Fsp3) is 0.800. The second-order valence-corrected chi connectivity index (χ2v) is 3.96. The number of rotatable bonds is 6. The van der Waals surface area contributed by atoms with E-state index >= 15 is 0 Å². The molecular weight excluding hydrogens is 200 g/mol. The monoisotopic (exact) mass is 216 g/mol. The van der Waals surface area contributed by atoms with Gasteiger partial charge in [0.1, 0.15) is 0 Å². The van der Waals surface area contributed by atoms with E-state index in [0.29, 0.717) is 37.7 Å². The topological polar surface area (TPSA) is 44.1 Å². The van der Waals surface area contributed by atoms with Crippen molar-refractivity contribution < 1.29 is 4.79 Å². The first-order chi connectivity index (χ1) is 6.61. The van der Waals surface area contributed by atoms with Crippen LogP contribution in [-0.2, 0) is 4.79 Å². The summed E-state index contributed by atoms with van der Waals surface area (Å²) in [6.07, 6.45) is 0.750. The van der Waals surface area contributed by atoms with Crippen LogP contribution in [0.2, 0.25) is 0 Å². The highest BCUT2D eigenvalue weighted by molar-refractivity contribution is 6.18. The van der Waals surface area contributed by atoms with Gasteiger partial charge < -0.3 is 4.90 Å². The van der Waals surface area contributed by atoms with Crippen molar-refractivity contribution in [2.24, 2.45) is 5.92 Å². The summed E-state index contributed by atoms with van der Waals surface area (Å²) in [5.41, 5.74) is 0. The molecule has 0 rings (SSSR count). The zero-order valence-electron chi connectivity index (χ0n) is 8.79. The second-order valence-electron chi connectivity index (χ2n) is 3.58. The zero-order valence-corrected chi connectivity index (χ0v) is 9.55. The van der Waals surface area contributed by atoms with E-state index in [0.717, 1.165) is 0 Å². The number of hydrogen-bond acceptors (Lipinski definition) is 2. The van der Waals surface area contributed by atoms with Gasteiger partial charge in [-0.25, -0.2) is 0 Å². The number of nitriles is 1. The van der Waals surface area contributed by atoms with Crippen LogP contribution in [0.25, 0.3) is 0 Å². The second kappa shape index (κ2) is 7.64. The maximum atomic E-state index is 11.5. The molecule has 0 bridgehead atoms. The number of nitrogens with zero attached hydrogens (tertiary/aromatic N) is 2. The van der Waals surface area contributed by atoms with Crippen LogP contribution in [0.3, 0.4) is 0 Å². The minimum Gasteiger partial charge on any atom is -0.341 e. The van der Waals surface area contributed by atoms with Crippen molar-refractivity contribution >= 4 is 17.5 Å². The van der Waals surface area contributed by atoms with Crippen LogP contribution in [0, 0.1) is 17.2 Å². The Morgan fingerprint density at radius 1 is 1.57 bits per heavy atom. The number of hydrogen-bond donors (Lipinski definition) is 0. The van der Waals surface area contributed by atoms with Gasteiger partial charge in [0.25, 0.3) is 0 Å². The maximum absolute atomic E-state index is 11.5. The van der Waals surface area contributed by atoms with Gasteiger partial charge in [-0.2, -0.15) is 5.26 Å². The van der Waals surface area contributed by atoms with Crippen molar-refractivity contribution in [1.82, 2.24) is 4.90 Å². The van der Waals surface area contributed by atoms with E-state index in [1.54, 1.807) is 4.90 Å². The molecule has 0 aromatic heterocycles. The lowest BCUT2D eigenvalue weighted by Gasteiger charge is -2.23. The van der Waals surface area contributed by atoms with Gasteiger partial charge in [0.2, 0.25) is 5.91 Å². The third-order valence-corrected chi connectivity index (χ3v) is 1.93. The summed E-state index contributed by atoms with van der Waals surface area (Å²) in [6.45, 7) is 5.32. The predicted molar refractivity (Wildman–Crippen MR) is 57.0 cm³/mol. The van der Waals surface area contributed by atoms with Crippen molar-refractivity contribution in [3.63, 3.8) is 0 Å². The standard InChI is InChI=1S/C10H17ClN2O/c1-9(2)8-13(7-3-6-12)10(14)4-5-11/h9H,3-5,7-8H2,1-2H3. The molecule has 0 aliphatic carbocycles. The zero-order chi connectivity index (χ0) is 11.0. The van der Waals surface area contributed by atoms with Crippen LogP contribution in [0.5, 0.6) is 0 Å². The van der Waals surface area contributed by atoms with E-state index in [1.165, 1.54) is 0 Å². The summed E-state index contributed by atoms with van der Waals surface area (Å²) in [6, 6.07) is 2.04. The first kappa shape index (κ1) is 13.2. The van der Waals surface area contributed by atoms with Gasteiger partial charge in [-0.3, -0.25) is 4.79 Å². The average molecular weight is 217 g/mol. The smallest absolute Gasteiger partial charge is 0.223 e. The minimum atomic E-state index is 0.0453. The molecule has 0 aromatic rings. The molecular formula is C10H17ClN2O. The Morgan fingerprint density at radius 3 is 2.64 bits per heavy atom. The number of alkyl halides is 1. The third-order valence-electron chi connectivity index (χ3n) is 1.74.